The van der Waals surface area contributed by atoms with E-state index < -0.39 is 0 Å². The number of aliphatic hydroxyl groups excluding tert-OH is 1. The fourth-order valence-electron chi connectivity index (χ4n) is 3.28. The van der Waals surface area contributed by atoms with Gasteiger partial charge in [-0.15, -0.1) is 0 Å². The average molecular weight is 300 g/mol. The lowest BCUT2D eigenvalue weighted by molar-refractivity contribution is -0.137. The van der Waals surface area contributed by atoms with Gasteiger partial charge in [-0.3, -0.25) is 9.69 Å². The van der Waals surface area contributed by atoms with Crippen LogP contribution in [0, 0.1) is 5.41 Å². The molecule has 2 heterocycles. The number of hydrogen-bond acceptors (Lipinski definition) is 5. The van der Waals surface area contributed by atoms with Gasteiger partial charge in [-0.2, -0.15) is 0 Å². The molecule has 0 bridgehead atoms. The third kappa shape index (κ3) is 4.64. The first-order chi connectivity index (χ1) is 10.2. The molecule has 0 unspecified atom stereocenters. The van der Waals surface area contributed by atoms with Crippen LogP contribution in [0.25, 0.3) is 0 Å². The van der Waals surface area contributed by atoms with E-state index in [1.54, 1.807) is 7.11 Å². The third-order valence-electron chi connectivity index (χ3n) is 4.64. The quantitative estimate of drug-likeness (QED) is 0.745. The summed E-state index contributed by atoms with van der Waals surface area (Å²) in [4.78, 5) is 16.4. The number of likely N-dealkylation sites (tertiary alicyclic amines) is 1. The number of nitrogens with zero attached hydrogens (tertiary/aromatic N) is 2. The number of methoxy groups -OCH3 is 1. The van der Waals surface area contributed by atoms with Crippen molar-refractivity contribution in [3.05, 3.63) is 0 Å². The Morgan fingerprint density at radius 1 is 1.33 bits per heavy atom. The van der Waals surface area contributed by atoms with Crippen LogP contribution in [-0.2, 0) is 14.3 Å². The zero-order chi connectivity index (χ0) is 15.1. The largest absolute Gasteiger partial charge is 0.396 e. The van der Waals surface area contributed by atoms with Gasteiger partial charge in [0.15, 0.2) is 0 Å². The number of aliphatic hydroxyl groups is 1. The second-order valence-corrected chi connectivity index (χ2v) is 6.21. The van der Waals surface area contributed by atoms with Crippen LogP contribution in [0.2, 0.25) is 0 Å². The van der Waals surface area contributed by atoms with Crippen molar-refractivity contribution < 1.29 is 19.4 Å². The fourth-order valence-corrected chi connectivity index (χ4v) is 3.28. The van der Waals surface area contributed by atoms with Crippen molar-refractivity contribution in [1.82, 2.24) is 9.80 Å². The van der Waals surface area contributed by atoms with Gasteiger partial charge in [0, 0.05) is 38.8 Å². The Labute approximate surface area is 127 Å². The number of hydrogen-bond donors (Lipinski definition) is 1. The third-order valence-corrected chi connectivity index (χ3v) is 4.64. The van der Waals surface area contributed by atoms with Gasteiger partial charge in [0.2, 0.25) is 5.91 Å². The standard InChI is InChI=1S/C15H28N2O4/c1-20-8-4-15(13-18)3-2-5-16(12-15)11-14(19)17-6-9-21-10-7-17/h18H,2-13H2,1H3/t15-/m1/s1. The van der Waals surface area contributed by atoms with Crippen molar-refractivity contribution >= 4 is 5.91 Å². The van der Waals surface area contributed by atoms with Crippen molar-refractivity contribution in [2.24, 2.45) is 5.41 Å². The summed E-state index contributed by atoms with van der Waals surface area (Å²) in [7, 11) is 1.69. The van der Waals surface area contributed by atoms with E-state index in [1.807, 2.05) is 4.90 Å². The zero-order valence-corrected chi connectivity index (χ0v) is 13.1. The van der Waals surface area contributed by atoms with E-state index in [0.29, 0.717) is 39.5 Å². The number of rotatable bonds is 6. The maximum atomic E-state index is 12.3. The normalized spacial score (nSPS) is 27.8. The highest BCUT2D eigenvalue weighted by Crippen LogP contribution is 2.33. The molecule has 0 saturated carbocycles. The summed E-state index contributed by atoms with van der Waals surface area (Å²) in [5.74, 6) is 0.179. The van der Waals surface area contributed by atoms with E-state index in [0.717, 1.165) is 32.4 Å². The molecule has 21 heavy (non-hydrogen) atoms. The van der Waals surface area contributed by atoms with E-state index in [-0.39, 0.29) is 17.9 Å². The molecule has 0 aromatic carbocycles. The molecule has 2 aliphatic heterocycles. The predicted octanol–water partition coefficient (Wildman–Crippen LogP) is -0.0438. The Hall–Kier alpha value is -0.690. The molecular weight excluding hydrogens is 272 g/mol. The minimum absolute atomic E-state index is 0.112. The molecule has 1 amide bonds. The Balaban J connectivity index is 1.86. The molecule has 0 aliphatic carbocycles. The first-order valence-electron chi connectivity index (χ1n) is 7.87. The number of carbonyl (C=O) groups is 1. The van der Waals surface area contributed by atoms with Gasteiger partial charge in [0.25, 0.3) is 0 Å². The first kappa shape index (κ1) is 16.7. The van der Waals surface area contributed by atoms with Crippen molar-refractivity contribution in [3.63, 3.8) is 0 Å². The summed E-state index contributed by atoms with van der Waals surface area (Å²) in [6.07, 6.45) is 2.89. The highest BCUT2D eigenvalue weighted by molar-refractivity contribution is 5.78. The maximum absolute atomic E-state index is 12.3. The van der Waals surface area contributed by atoms with Crippen LogP contribution in [0.5, 0.6) is 0 Å². The van der Waals surface area contributed by atoms with Gasteiger partial charge in [0.05, 0.1) is 26.4 Å². The zero-order valence-electron chi connectivity index (χ0n) is 13.1. The molecule has 2 rings (SSSR count). The molecule has 2 fully saturated rings. The van der Waals surface area contributed by atoms with Gasteiger partial charge in [-0.1, -0.05) is 0 Å². The molecule has 1 N–H and O–H groups in total. The Morgan fingerprint density at radius 3 is 2.76 bits per heavy atom. The lowest BCUT2D eigenvalue weighted by Crippen LogP contribution is -2.51. The topological polar surface area (TPSA) is 62.2 Å². The van der Waals surface area contributed by atoms with Crippen molar-refractivity contribution in [3.8, 4) is 0 Å². The van der Waals surface area contributed by atoms with E-state index in [4.69, 9.17) is 9.47 Å². The Bertz CT molecular complexity index is 334. The lowest BCUT2D eigenvalue weighted by atomic mass is 9.78. The SMILES string of the molecule is COCC[C@]1(CO)CCCN(CC(=O)N2CCOCC2)C1. The molecular formula is C15H28N2O4. The predicted molar refractivity (Wildman–Crippen MR) is 79.1 cm³/mol. The molecule has 6 heteroatoms. The molecule has 0 spiro atoms. The van der Waals surface area contributed by atoms with E-state index in [2.05, 4.69) is 4.90 Å². The highest BCUT2D eigenvalue weighted by Gasteiger charge is 2.35. The van der Waals surface area contributed by atoms with Crippen LogP contribution < -0.4 is 0 Å². The summed E-state index contributed by atoms with van der Waals surface area (Å²) >= 11 is 0. The van der Waals surface area contributed by atoms with Crippen LogP contribution in [-0.4, -0.2) is 87.1 Å². The molecule has 0 aromatic heterocycles. The van der Waals surface area contributed by atoms with Crippen LogP contribution in [0.15, 0.2) is 0 Å². The molecule has 0 aromatic rings. The Morgan fingerprint density at radius 2 is 2.10 bits per heavy atom. The minimum Gasteiger partial charge on any atom is -0.396 e. The van der Waals surface area contributed by atoms with E-state index in [1.165, 1.54) is 0 Å². The Kier molecular flexibility index (Phi) is 6.41. The monoisotopic (exact) mass is 300 g/mol. The lowest BCUT2D eigenvalue weighted by Gasteiger charge is -2.42. The maximum Gasteiger partial charge on any atom is 0.236 e. The molecule has 122 valence electrons. The van der Waals surface area contributed by atoms with E-state index in [9.17, 15) is 9.90 Å². The summed E-state index contributed by atoms with van der Waals surface area (Å²) in [5.41, 5.74) is -0.112. The van der Waals surface area contributed by atoms with Crippen LogP contribution in [0.3, 0.4) is 0 Å². The summed E-state index contributed by atoms with van der Waals surface area (Å²) in [5, 5.41) is 9.77. The van der Waals surface area contributed by atoms with Crippen molar-refractivity contribution in [2.45, 2.75) is 19.3 Å². The second kappa shape index (κ2) is 8.08. The molecule has 1 atom stereocenters. The number of carbonyl (C=O) groups excluding carboxylic acids is 1. The molecule has 6 nitrogen and oxygen atoms in total. The molecule has 2 aliphatic rings. The van der Waals surface area contributed by atoms with Gasteiger partial charge < -0.3 is 19.5 Å². The molecule has 2 saturated heterocycles. The number of ether oxygens (including phenoxy) is 2. The van der Waals surface area contributed by atoms with Gasteiger partial charge in [-0.25, -0.2) is 0 Å². The van der Waals surface area contributed by atoms with Crippen LogP contribution in [0.4, 0.5) is 0 Å². The average Bonchev–Trinajstić information content (AvgIpc) is 2.54. The minimum atomic E-state index is -0.112. The van der Waals surface area contributed by atoms with Gasteiger partial charge in [-0.05, 0) is 25.8 Å². The van der Waals surface area contributed by atoms with Gasteiger partial charge >= 0.3 is 0 Å². The highest BCUT2D eigenvalue weighted by atomic mass is 16.5. The van der Waals surface area contributed by atoms with Gasteiger partial charge in [0.1, 0.15) is 0 Å². The van der Waals surface area contributed by atoms with Crippen LogP contribution in [0.1, 0.15) is 19.3 Å². The summed E-state index contributed by atoms with van der Waals surface area (Å²) < 4.78 is 10.4. The molecule has 0 radical (unpaired) electrons. The fraction of sp³-hybridized carbons (Fsp3) is 0.933. The number of morpholine rings is 1. The van der Waals surface area contributed by atoms with Crippen LogP contribution >= 0.6 is 0 Å². The summed E-state index contributed by atoms with van der Waals surface area (Å²) in [6.45, 7) is 5.66. The van der Waals surface area contributed by atoms with E-state index >= 15 is 0 Å². The number of piperidine rings is 1. The summed E-state index contributed by atoms with van der Waals surface area (Å²) in [6, 6.07) is 0. The van der Waals surface area contributed by atoms with Crippen molar-refractivity contribution in [1.29, 1.82) is 0 Å². The van der Waals surface area contributed by atoms with Crippen molar-refractivity contribution in [2.75, 3.05) is 66.3 Å². The smallest absolute Gasteiger partial charge is 0.236 e. The number of amides is 1. The first-order valence-corrected chi connectivity index (χ1v) is 7.87. The second-order valence-electron chi connectivity index (χ2n) is 6.21.